The molecule has 0 bridgehead atoms. The SMILES string of the molecule is CC(C)n1ncc(Cl)c1C(O)c1cc(Cl)sc1Cl. The summed E-state index contributed by atoms with van der Waals surface area (Å²) in [5, 5.41) is 15.0. The van der Waals surface area contributed by atoms with Gasteiger partial charge in [0.05, 0.1) is 21.2 Å². The number of hydrogen-bond acceptors (Lipinski definition) is 3. The van der Waals surface area contributed by atoms with E-state index >= 15 is 0 Å². The summed E-state index contributed by atoms with van der Waals surface area (Å²) in [4.78, 5) is 0. The van der Waals surface area contributed by atoms with Crippen molar-refractivity contribution in [1.82, 2.24) is 9.78 Å². The molecule has 2 aromatic rings. The first kappa shape index (κ1) is 14.2. The Balaban J connectivity index is 2.48. The molecule has 1 N–H and O–H groups in total. The fourth-order valence-electron chi connectivity index (χ4n) is 1.70. The third-order valence-corrected chi connectivity index (χ3v) is 4.32. The van der Waals surface area contributed by atoms with E-state index in [2.05, 4.69) is 5.10 Å². The first-order chi connectivity index (χ1) is 8.41. The second-order valence-electron chi connectivity index (χ2n) is 4.10. The molecule has 3 nitrogen and oxygen atoms in total. The number of rotatable bonds is 3. The zero-order chi connectivity index (χ0) is 13.4. The highest BCUT2D eigenvalue weighted by Gasteiger charge is 2.24. The molecule has 1 atom stereocenters. The predicted octanol–water partition coefficient (Wildman–Crippen LogP) is 4.57. The maximum absolute atomic E-state index is 10.4. The van der Waals surface area contributed by atoms with Gasteiger partial charge in [0.2, 0.25) is 0 Å². The normalized spacial score (nSPS) is 13.3. The molecular formula is C11H11Cl3N2OS. The maximum Gasteiger partial charge on any atom is 0.124 e. The lowest BCUT2D eigenvalue weighted by atomic mass is 10.1. The van der Waals surface area contributed by atoms with Gasteiger partial charge in [-0.1, -0.05) is 34.8 Å². The molecule has 2 aromatic heterocycles. The van der Waals surface area contributed by atoms with Crippen LogP contribution in [0.25, 0.3) is 0 Å². The highest BCUT2D eigenvalue weighted by molar-refractivity contribution is 7.20. The van der Waals surface area contributed by atoms with E-state index in [1.54, 1.807) is 10.7 Å². The van der Waals surface area contributed by atoms with Gasteiger partial charge in [-0.25, -0.2) is 0 Å². The third-order valence-electron chi connectivity index (χ3n) is 2.51. The second kappa shape index (κ2) is 5.39. The summed E-state index contributed by atoms with van der Waals surface area (Å²) in [5.74, 6) is 0. The average Bonchev–Trinajstić information content (AvgIpc) is 2.81. The van der Waals surface area contributed by atoms with Gasteiger partial charge in [0, 0.05) is 11.6 Å². The van der Waals surface area contributed by atoms with Crippen molar-refractivity contribution < 1.29 is 5.11 Å². The summed E-state index contributed by atoms with van der Waals surface area (Å²) in [5.41, 5.74) is 1.08. The molecule has 0 saturated carbocycles. The van der Waals surface area contributed by atoms with Crippen LogP contribution in [0.3, 0.4) is 0 Å². The minimum atomic E-state index is -0.932. The van der Waals surface area contributed by atoms with Crippen LogP contribution in [0, 0.1) is 0 Å². The Labute approximate surface area is 124 Å². The van der Waals surface area contributed by atoms with E-state index in [-0.39, 0.29) is 6.04 Å². The first-order valence-corrected chi connectivity index (χ1v) is 7.22. The van der Waals surface area contributed by atoms with Gasteiger partial charge in [0.25, 0.3) is 0 Å². The van der Waals surface area contributed by atoms with E-state index in [9.17, 15) is 5.11 Å². The molecule has 0 aromatic carbocycles. The van der Waals surface area contributed by atoms with Crippen LogP contribution in [0.15, 0.2) is 12.3 Å². The van der Waals surface area contributed by atoms with E-state index in [0.29, 0.717) is 25.0 Å². The molecule has 2 rings (SSSR count). The number of aliphatic hydroxyl groups excluding tert-OH is 1. The Morgan fingerprint density at radius 3 is 2.50 bits per heavy atom. The molecule has 0 aliphatic heterocycles. The van der Waals surface area contributed by atoms with Gasteiger partial charge in [-0.3, -0.25) is 4.68 Å². The van der Waals surface area contributed by atoms with Crippen molar-refractivity contribution in [1.29, 1.82) is 0 Å². The fourth-order valence-corrected chi connectivity index (χ4v) is 3.46. The van der Waals surface area contributed by atoms with Crippen LogP contribution >= 0.6 is 46.1 Å². The predicted molar refractivity (Wildman–Crippen MR) is 76.0 cm³/mol. The number of halogens is 3. The molecule has 0 amide bonds. The summed E-state index contributed by atoms with van der Waals surface area (Å²) in [7, 11) is 0. The zero-order valence-corrected chi connectivity index (χ0v) is 12.8. The standard InChI is InChI=1S/C11H11Cl3N2OS/c1-5(2)16-9(7(12)4-15-16)10(17)6-3-8(13)18-11(6)14/h3-5,10,17H,1-2H3. The van der Waals surface area contributed by atoms with Crippen LogP contribution in [0.2, 0.25) is 13.7 Å². The van der Waals surface area contributed by atoms with Crippen molar-refractivity contribution in [2.24, 2.45) is 0 Å². The second-order valence-corrected chi connectivity index (χ2v) is 6.79. The molecule has 1 unspecified atom stereocenters. The van der Waals surface area contributed by atoms with Crippen LogP contribution in [-0.2, 0) is 0 Å². The largest absolute Gasteiger partial charge is 0.382 e. The van der Waals surface area contributed by atoms with Gasteiger partial charge in [-0.2, -0.15) is 5.10 Å². The van der Waals surface area contributed by atoms with Gasteiger partial charge < -0.3 is 5.11 Å². The Bertz CT molecular complexity index is 565. The lowest BCUT2D eigenvalue weighted by molar-refractivity contribution is 0.205. The molecular weight excluding hydrogens is 315 g/mol. The molecule has 98 valence electrons. The first-order valence-electron chi connectivity index (χ1n) is 5.27. The monoisotopic (exact) mass is 324 g/mol. The van der Waals surface area contributed by atoms with E-state index < -0.39 is 6.10 Å². The van der Waals surface area contributed by atoms with Crippen LogP contribution < -0.4 is 0 Å². The minimum absolute atomic E-state index is 0.0926. The average molecular weight is 326 g/mol. The number of nitrogens with zero attached hydrogens (tertiary/aromatic N) is 2. The maximum atomic E-state index is 10.4. The highest BCUT2D eigenvalue weighted by Crippen LogP contribution is 2.39. The molecule has 18 heavy (non-hydrogen) atoms. The molecule has 0 aliphatic carbocycles. The Morgan fingerprint density at radius 2 is 2.00 bits per heavy atom. The van der Waals surface area contributed by atoms with Gasteiger partial charge in [0.15, 0.2) is 0 Å². The summed E-state index contributed by atoms with van der Waals surface area (Å²) in [6.07, 6.45) is 0.584. The third kappa shape index (κ3) is 2.53. The van der Waals surface area contributed by atoms with Crippen LogP contribution in [-0.4, -0.2) is 14.9 Å². The number of thiophene rings is 1. The van der Waals surface area contributed by atoms with Gasteiger partial charge in [0.1, 0.15) is 10.4 Å². The molecule has 2 heterocycles. The molecule has 7 heteroatoms. The Morgan fingerprint density at radius 1 is 1.33 bits per heavy atom. The number of aromatic nitrogens is 2. The summed E-state index contributed by atoms with van der Waals surface area (Å²) < 4.78 is 2.66. The summed E-state index contributed by atoms with van der Waals surface area (Å²) in [6.45, 7) is 3.92. The van der Waals surface area contributed by atoms with Crippen molar-refractivity contribution in [3.63, 3.8) is 0 Å². The molecule has 0 saturated heterocycles. The molecule has 0 radical (unpaired) electrons. The van der Waals surface area contributed by atoms with Crippen molar-refractivity contribution in [2.45, 2.75) is 26.0 Å². The lowest BCUT2D eigenvalue weighted by Crippen LogP contribution is -2.12. The fraction of sp³-hybridized carbons (Fsp3) is 0.364. The Kier molecular flexibility index (Phi) is 4.24. The van der Waals surface area contributed by atoms with Gasteiger partial charge >= 0.3 is 0 Å². The van der Waals surface area contributed by atoms with E-state index in [1.807, 2.05) is 13.8 Å². The number of aliphatic hydroxyl groups is 1. The van der Waals surface area contributed by atoms with Gasteiger partial charge in [-0.15, -0.1) is 11.3 Å². The van der Waals surface area contributed by atoms with Crippen molar-refractivity contribution in [3.05, 3.63) is 37.2 Å². The molecule has 0 aliphatic rings. The van der Waals surface area contributed by atoms with Crippen LogP contribution in [0.4, 0.5) is 0 Å². The molecule has 0 spiro atoms. The number of hydrogen-bond donors (Lipinski definition) is 1. The van der Waals surface area contributed by atoms with Crippen molar-refractivity contribution >= 4 is 46.1 Å². The van der Waals surface area contributed by atoms with Gasteiger partial charge in [-0.05, 0) is 19.9 Å². The van der Waals surface area contributed by atoms with E-state index in [0.717, 1.165) is 0 Å². The quantitative estimate of drug-likeness (QED) is 0.898. The smallest absolute Gasteiger partial charge is 0.124 e. The lowest BCUT2D eigenvalue weighted by Gasteiger charge is -2.16. The summed E-state index contributed by atoms with van der Waals surface area (Å²) in [6, 6.07) is 1.74. The highest BCUT2D eigenvalue weighted by atomic mass is 35.5. The zero-order valence-electron chi connectivity index (χ0n) is 9.69. The van der Waals surface area contributed by atoms with E-state index in [4.69, 9.17) is 34.8 Å². The van der Waals surface area contributed by atoms with Crippen LogP contribution in [0.5, 0.6) is 0 Å². The minimum Gasteiger partial charge on any atom is -0.382 e. The van der Waals surface area contributed by atoms with Crippen molar-refractivity contribution in [3.8, 4) is 0 Å². The Hall–Kier alpha value is -0.260. The van der Waals surface area contributed by atoms with Crippen molar-refractivity contribution in [2.75, 3.05) is 0 Å². The van der Waals surface area contributed by atoms with E-state index in [1.165, 1.54) is 17.5 Å². The molecule has 0 fully saturated rings. The topological polar surface area (TPSA) is 38.0 Å². The summed E-state index contributed by atoms with van der Waals surface area (Å²) >= 11 is 19.2. The van der Waals surface area contributed by atoms with Crippen LogP contribution in [0.1, 0.15) is 37.3 Å².